The molecule has 1 aromatic rings. The van der Waals surface area contributed by atoms with E-state index in [-0.39, 0.29) is 0 Å². The summed E-state index contributed by atoms with van der Waals surface area (Å²) in [7, 11) is 0. The topological polar surface area (TPSA) is 12.0 Å². The minimum Gasteiger partial charge on any atom is -0.379 e. The Balaban J connectivity index is 1.81. The van der Waals surface area contributed by atoms with E-state index in [1.165, 1.54) is 25.7 Å². The van der Waals surface area contributed by atoms with Crippen molar-refractivity contribution in [1.29, 1.82) is 0 Å². The molecule has 1 nitrogen and oxygen atoms in total. The summed E-state index contributed by atoms with van der Waals surface area (Å²) in [6, 6.07) is 6.27. The molecule has 0 bridgehead atoms. The van der Waals surface area contributed by atoms with Gasteiger partial charge in [0.1, 0.15) is 0 Å². The molecular weight excluding hydrogens is 241 g/mol. The Morgan fingerprint density at radius 2 is 1.50 bits per heavy atom. The van der Waals surface area contributed by atoms with Crippen molar-refractivity contribution >= 4 is 28.9 Å². The molecule has 0 amide bonds. The monoisotopic (exact) mass is 255 g/mol. The largest absolute Gasteiger partial charge is 0.379 e. The molecule has 0 aromatic heterocycles. The molecule has 0 spiro atoms. The average Bonchev–Trinajstić information content (AvgIpc) is 3.12. The van der Waals surface area contributed by atoms with E-state index >= 15 is 0 Å². The van der Waals surface area contributed by atoms with Crippen LogP contribution in [0.5, 0.6) is 0 Å². The number of hydrogen-bond acceptors (Lipinski definition) is 1. The fourth-order valence-corrected chi connectivity index (χ4v) is 2.84. The summed E-state index contributed by atoms with van der Waals surface area (Å²) in [5.74, 6) is 1.69. The summed E-state index contributed by atoms with van der Waals surface area (Å²) in [6.45, 7) is 0. The van der Waals surface area contributed by atoms with Crippen molar-refractivity contribution in [2.75, 3.05) is 5.32 Å². The van der Waals surface area contributed by atoms with Crippen molar-refractivity contribution in [1.82, 2.24) is 0 Å². The molecule has 2 aliphatic rings. The van der Waals surface area contributed by atoms with Crippen molar-refractivity contribution in [3.8, 4) is 0 Å². The van der Waals surface area contributed by atoms with Crippen molar-refractivity contribution < 1.29 is 0 Å². The molecule has 2 saturated carbocycles. The zero-order chi connectivity index (χ0) is 11.1. The number of anilines is 1. The Hall–Kier alpha value is -0.400. The molecule has 0 aliphatic heterocycles. The van der Waals surface area contributed by atoms with Gasteiger partial charge in [-0.2, -0.15) is 0 Å². The molecule has 2 fully saturated rings. The first-order valence-corrected chi connectivity index (χ1v) is 6.72. The summed E-state index contributed by atoms with van der Waals surface area (Å²) in [5.41, 5.74) is 0.926. The molecule has 0 heterocycles. The molecule has 0 atom stereocenters. The van der Waals surface area contributed by atoms with Crippen LogP contribution in [0.4, 0.5) is 5.69 Å². The van der Waals surface area contributed by atoms with Crippen LogP contribution >= 0.6 is 23.2 Å². The number of hydrogen-bond donors (Lipinski definition) is 1. The standard InChI is InChI=1S/C13H15Cl2N/c14-10-2-1-3-11(15)13(10)16-12(8-4-5-8)9-6-7-9/h1-3,8-9,12,16H,4-7H2. The summed E-state index contributed by atoms with van der Waals surface area (Å²) in [5, 5.41) is 5.05. The van der Waals surface area contributed by atoms with Gasteiger partial charge in [-0.25, -0.2) is 0 Å². The Labute approximate surface area is 106 Å². The van der Waals surface area contributed by atoms with Crippen molar-refractivity contribution in [3.05, 3.63) is 28.2 Å². The van der Waals surface area contributed by atoms with Gasteiger partial charge in [0.15, 0.2) is 0 Å². The molecule has 0 saturated heterocycles. The van der Waals surface area contributed by atoms with Crippen LogP contribution in [-0.2, 0) is 0 Å². The Morgan fingerprint density at radius 1 is 1.00 bits per heavy atom. The van der Waals surface area contributed by atoms with Crippen LogP contribution in [0.15, 0.2) is 18.2 Å². The van der Waals surface area contributed by atoms with Gasteiger partial charge >= 0.3 is 0 Å². The second-order valence-corrected chi connectivity index (χ2v) is 5.76. The lowest BCUT2D eigenvalue weighted by molar-refractivity contribution is 0.568. The summed E-state index contributed by atoms with van der Waals surface area (Å²) < 4.78 is 0. The minimum absolute atomic E-state index is 0.595. The van der Waals surface area contributed by atoms with E-state index in [4.69, 9.17) is 23.2 Å². The number of halogens is 2. The predicted octanol–water partition coefficient (Wildman–Crippen LogP) is 4.59. The summed E-state index contributed by atoms with van der Waals surface area (Å²) in [4.78, 5) is 0. The van der Waals surface area contributed by atoms with E-state index in [1.54, 1.807) is 0 Å². The van der Waals surface area contributed by atoms with Crippen LogP contribution < -0.4 is 5.32 Å². The maximum atomic E-state index is 6.18. The number of para-hydroxylation sites is 1. The van der Waals surface area contributed by atoms with E-state index in [9.17, 15) is 0 Å². The zero-order valence-corrected chi connectivity index (χ0v) is 10.6. The van der Waals surface area contributed by atoms with Crippen LogP contribution in [0.3, 0.4) is 0 Å². The molecular formula is C13H15Cl2N. The smallest absolute Gasteiger partial charge is 0.0721 e. The first-order valence-electron chi connectivity index (χ1n) is 5.96. The first-order chi connectivity index (χ1) is 7.75. The van der Waals surface area contributed by atoms with Crippen LogP contribution in [0, 0.1) is 11.8 Å². The molecule has 3 rings (SSSR count). The highest BCUT2D eigenvalue weighted by atomic mass is 35.5. The number of rotatable bonds is 4. The maximum Gasteiger partial charge on any atom is 0.0721 e. The lowest BCUT2D eigenvalue weighted by atomic mass is 10.1. The van der Waals surface area contributed by atoms with Gasteiger partial charge in [-0.05, 0) is 49.7 Å². The molecule has 0 unspecified atom stereocenters. The van der Waals surface area contributed by atoms with E-state index in [1.807, 2.05) is 18.2 Å². The quantitative estimate of drug-likeness (QED) is 0.830. The van der Waals surface area contributed by atoms with Crippen molar-refractivity contribution in [2.24, 2.45) is 11.8 Å². The van der Waals surface area contributed by atoms with Gasteiger partial charge in [-0.3, -0.25) is 0 Å². The van der Waals surface area contributed by atoms with E-state index in [0.29, 0.717) is 6.04 Å². The summed E-state index contributed by atoms with van der Waals surface area (Å²) in [6.07, 6.45) is 5.43. The van der Waals surface area contributed by atoms with Gasteiger partial charge in [-0.1, -0.05) is 29.3 Å². The van der Waals surface area contributed by atoms with Crippen LogP contribution in [0.2, 0.25) is 10.0 Å². The van der Waals surface area contributed by atoms with Gasteiger partial charge in [0, 0.05) is 6.04 Å². The molecule has 1 N–H and O–H groups in total. The minimum atomic E-state index is 0.595. The third-order valence-electron chi connectivity index (χ3n) is 3.53. The van der Waals surface area contributed by atoms with Crippen LogP contribution in [-0.4, -0.2) is 6.04 Å². The van der Waals surface area contributed by atoms with Gasteiger partial charge < -0.3 is 5.32 Å². The maximum absolute atomic E-state index is 6.18. The summed E-state index contributed by atoms with van der Waals surface area (Å²) >= 11 is 12.4. The lowest BCUT2D eigenvalue weighted by Gasteiger charge is -2.20. The molecule has 86 valence electrons. The van der Waals surface area contributed by atoms with Gasteiger partial charge in [0.25, 0.3) is 0 Å². The molecule has 0 radical (unpaired) electrons. The lowest BCUT2D eigenvalue weighted by Crippen LogP contribution is -2.24. The number of benzene rings is 1. The fraction of sp³-hybridized carbons (Fsp3) is 0.538. The fourth-order valence-electron chi connectivity index (χ4n) is 2.33. The van der Waals surface area contributed by atoms with Gasteiger partial charge in [-0.15, -0.1) is 0 Å². The van der Waals surface area contributed by atoms with Gasteiger partial charge in [0.2, 0.25) is 0 Å². The van der Waals surface area contributed by atoms with Crippen molar-refractivity contribution in [3.63, 3.8) is 0 Å². The Kier molecular flexibility index (Phi) is 2.76. The molecule has 16 heavy (non-hydrogen) atoms. The normalized spacial score (nSPS) is 20.2. The van der Waals surface area contributed by atoms with Gasteiger partial charge in [0.05, 0.1) is 15.7 Å². The third-order valence-corrected chi connectivity index (χ3v) is 4.16. The predicted molar refractivity (Wildman–Crippen MR) is 69.3 cm³/mol. The second-order valence-electron chi connectivity index (χ2n) is 4.94. The van der Waals surface area contributed by atoms with Crippen LogP contribution in [0.1, 0.15) is 25.7 Å². The second kappa shape index (κ2) is 4.12. The third kappa shape index (κ3) is 2.16. The highest BCUT2D eigenvalue weighted by Crippen LogP contribution is 2.47. The van der Waals surface area contributed by atoms with E-state index in [2.05, 4.69) is 5.32 Å². The average molecular weight is 256 g/mol. The number of nitrogens with one attached hydrogen (secondary N) is 1. The first kappa shape index (κ1) is 10.7. The Morgan fingerprint density at radius 3 is 1.94 bits per heavy atom. The van der Waals surface area contributed by atoms with Crippen LogP contribution in [0.25, 0.3) is 0 Å². The SMILES string of the molecule is Clc1cccc(Cl)c1NC(C1CC1)C1CC1. The molecule has 1 aromatic carbocycles. The molecule has 3 heteroatoms. The molecule has 2 aliphatic carbocycles. The highest BCUT2D eigenvalue weighted by Gasteiger charge is 2.41. The zero-order valence-electron chi connectivity index (χ0n) is 9.05. The van der Waals surface area contributed by atoms with Crippen molar-refractivity contribution in [2.45, 2.75) is 31.7 Å². The Bertz CT molecular complexity index is 365. The highest BCUT2D eigenvalue weighted by molar-refractivity contribution is 6.39. The van der Waals surface area contributed by atoms with E-state index < -0.39 is 0 Å². The van der Waals surface area contributed by atoms with E-state index in [0.717, 1.165) is 27.6 Å².